The van der Waals surface area contributed by atoms with Crippen molar-refractivity contribution >= 4 is 29.2 Å². The van der Waals surface area contributed by atoms with Gasteiger partial charge in [0.05, 0.1) is 11.6 Å². The summed E-state index contributed by atoms with van der Waals surface area (Å²) in [5, 5.41) is 7.32. The first-order valence-electron chi connectivity index (χ1n) is 7.08. The van der Waals surface area contributed by atoms with Crippen LogP contribution in [0.1, 0.15) is 22.7 Å². The van der Waals surface area contributed by atoms with Gasteiger partial charge in [-0.2, -0.15) is 15.0 Å². The van der Waals surface area contributed by atoms with Crippen LogP contribution in [-0.4, -0.2) is 40.1 Å². The fourth-order valence-corrected chi connectivity index (χ4v) is 3.00. The van der Waals surface area contributed by atoms with E-state index in [0.717, 1.165) is 24.0 Å². The van der Waals surface area contributed by atoms with E-state index in [9.17, 15) is 0 Å². The number of hydrogen-bond acceptors (Lipinski definition) is 8. The zero-order valence-electron chi connectivity index (χ0n) is 12.3. The molecule has 2 aromatic heterocycles. The lowest BCUT2D eigenvalue weighted by Gasteiger charge is -2.16. The summed E-state index contributed by atoms with van der Waals surface area (Å²) in [7, 11) is 1.82. The van der Waals surface area contributed by atoms with Crippen LogP contribution in [0.3, 0.4) is 0 Å². The second-order valence-corrected chi connectivity index (χ2v) is 6.25. The van der Waals surface area contributed by atoms with Crippen LogP contribution < -0.4 is 15.5 Å². The number of rotatable bonds is 5. The summed E-state index contributed by atoms with van der Waals surface area (Å²) in [6.07, 6.45) is 4.28. The first kappa shape index (κ1) is 14.0. The molecule has 0 spiro atoms. The van der Waals surface area contributed by atoms with E-state index in [1.165, 1.54) is 17.7 Å². The molecule has 0 aromatic carbocycles. The number of aryl methyl sites for hydroxylation is 1. The zero-order valence-corrected chi connectivity index (χ0v) is 13.1. The van der Waals surface area contributed by atoms with E-state index in [2.05, 4.69) is 35.5 Å². The molecule has 1 saturated heterocycles. The van der Waals surface area contributed by atoms with Gasteiger partial charge in [-0.3, -0.25) is 0 Å². The number of anilines is 3. The van der Waals surface area contributed by atoms with Gasteiger partial charge < -0.3 is 15.5 Å². The molecule has 0 atom stereocenters. The van der Waals surface area contributed by atoms with Crippen LogP contribution in [0.5, 0.6) is 0 Å². The first-order chi connectivity index (χ1) is 10.2. The van der Waals surface area contributed by atoms with Crippen molar-refractivity contribution in [3.8, 4) is 0 Å². The van der Waals surface area contributed by atoms with E-state index in [1.54, 1.807) is 11.3 Å². The molecule has 1 aliphatic rings. The van der Waals surface area contributed by atoms with Crippen LogP contribution in [0, 0.1) is 6.92 Å². The van der Waals surface area contributed by atoms with E-state index in [-0.39, 0.29) is 0 Å². The molecule has 1 aliphatic heterocycles. The van der Waals surface area contributed by atoms with Gasteiger partial charge in [-0.15, -0.1) is 11.3 Å². The van der Waals surface area contributed by atoms with Crippen molar-refractivity contribution in [1.82, 2.24) is 19.9 Å². The molecular formula is C13H19N7S. The fourth-order valence-electron chi connectivity index (χ4n) is 2.27. The summed E-state index contributed by atoms with van der Waals surface area (Å²) in [5.74, 6) is 1.94. The highest BCUT2D eigenvalue weighted by Crippen LogP contribution is 2.19. The van der Waals surface area contributed by atoms with Crippen molar-refractivity contribution in [3.63, 3.8) is 0 Å². The Hall–Kier alpha value is -1.96. The molecule has 0 aliphatic carbocycles. The van der Waals surface area contributed by atoms with Gasteiger partial charge in [0.25, 0.3) is 0 Å². The molecule has 0 unspecified atom stereocenters. The number of aromatic nitrogens is 4. The highest BCUT2D eigenvalue weighted by Gasteiger charge is 2.17. The molecule has 0 radical (unpaired) electrons. The van der Waals surface area contributed by atoms with Crippen LogP contribution in [0.15, 0.2) is 6.20 Å². The van der Waals surface area contributed by atoms with Crippen molar-refractivity contribution in [2.45, 2.75) is 26.3 Å². The Balaban J connectivity index is 1.75. The Kier molecular flexibility index (Phi) is 4.14. The summed E-state index contributed by atoms with van der Waals surface area (Å²) < 4.78 is 0. The number of thiazole rings is 1. The van der Waals surface area contributed by atoms with Gasteiger partial charge in [-0.1, -0.05) is 0 Å². The Morgan fingerprint density at radius 2 is 1.95 bits per heavy atom. The van der Waals surface area contributed by atoms with E-state index in [4.69, 9.17) is 0 Å². The maximum atomic E-state index is 4.52. The van der Waals surface area contributed by atoms with E-state index >= 15 is 0 Å². The standard InChI is InChI=1S/C13H19N7S/c1-9-15-7-10(21-9)8-16-12-17-11(14-2)18-13(19-12)20-5-3-4-6-20/h7H,3-6,8H2,1-2H3,(H2,14,16,17,18,19). The van der Waals surface area contributed by atoms with Gasteiger partial charge in [0.2, 0.25) is 17.8 Å². The van der Waals surface area contributed by atoms with Gasteiger partial charge >= 0.3 is 0 Å². The maximum Gasteiger partial charge on any atom is 0.231 e. The minimum Gasteiger partial charge on any atom is -0.357 e. The van der Waals surface area contributed by atoms with Crippen molar-refractivity contribution in [3.05, 3.63) is 16.1 Å². The third kappa shape index (κ3) is 3.38. The SMILES string of the molecule is CNc1nc(NCc2cnc(C)s2)nc(N2CCCC2)n1. The first-order valence-corrected chi connectivity index (χ1v) is 7.90. The Morgan fingerprint density at radius 1 is 1.19 bits per heavy atom. The Morgan fingerprint density at radius 3 is 2.62 bits per heavy atom. The molecule has 8 heteroatoms. The predicted molar refractivity (Wildman–Crippen MR) is 85.0 cm³/mol. The van der Waals surface area contributed by atoms with Crippen molar-refractivity contribution in [1.29, 1.82) is 0 Å². The molecule has 2 aromatic rings. The van der Waals surface area contributed by atoms with Gasteiger partial charge in [-0.25, -0.2) is 4.98 Å². The quantitative estimate of drug-likeness (QED) is 0.873. The van der Waals surface area contributed by atoms with Gasteiger partial charge in [0, 0.05) is 31.2 Å². The molecule has 1 fully saturated rings. The molecule has 3 heterocycles. The van der Waals surface area contributed by atoms with Gasteiger partial charge in [0.1, 0.15) is 0 Å². The van der Waals surface area contributed by atoms with E-state index in [0.29, 0.717) is 18.4 Å². The topological polar surface area (TPSA) is 78.9 Å². The van der Waals surface area contributed by atoms with E-state index in [1.807, 2.05) is 20.2 Å². The zero-order chi connectivity index (χ0) is 14.7. The molecule has 0 saturated carbocycles. The summed E-state index contributed by atoms with van der Waals surface area (Å²) in [6.45, 7) is 4.71. The van der Waals surface area contributed by atoms with E-state index < -0.39 is 0 Å². The van der Waals surface area contributed by atoms with Crippen LogP contribution in [0.4, 0.5) is 17.8 Å². The van der Waals surface area contributed by atoms with Crippen LogP contribution in [-0.2, 0) is 6.54 Å². The largest absolute Gasteiger partial charge is 0.357 e. The molecule has 2 N–H and O–H groups in total. The molecule has 7 nitrogen and oxygen atoms in total. The van der Waals surface area contributed by atoms with Crippen LogP contribution in [0.25, 0.3) is 0 Å². The van der Waals surface area contributed by atoms with Crippen LogP contribution >= 0.6 is 11.3 Å². The maximum absolute atomic E-state index is 4.52. The third-order valence-electron chi connectivity index (χ3n) is 3.33. The lowest BCUT2D eigenvalue weighted by molar-refractivity contribution is 0.879. The molecule has 3 rings (SSSR count). The molecule has 21 heavy (non-hydrogen) atoms. The Bertz CT molecular complexity index is 606. The monoisotopic (exact) mass is 305 g/mol. The smallest absolute Gasteiger partial charge is 0.231 e. The summed E-state index contributed by atoms with van der Waals surface area (Å²) in [6, 6.07) is 0. The lowest BCUT2D eigenvalue weighted by atomic mass is 10.4. The van der Waals surface area contributed by atoms with Gasteiger partial charge in [-0.05, 0) is 19.8 Å². The molecule has 0 amide bonds. The highest BCUT2D eigenvalue weighted by molar-refractivity contribution is 7.11. The minimum atomic E-state index is 0.592. The summed E-state index contributed by atoms with van der Waals surface area (Å²) in [4.78, 5) is 20.9. The van der Waals surface area contributed by atoms with Crippen molar-refractivity contribution in [2.75, 3.05) is 35.7 Å². The highest BCUT2D eigenvalue weighted by atomic mass is 32.1. The van der Waals surface area contributed by atoms with Crippen molar-refractivity contribution < 1.29 is 0 Å². The molecule has 112 valence electrons. The Labute approximate surface area is 127 Å². The van der Waals surface area contributed by atoms with Crippen LogP contribution in [0.2, 0.25) is 0 Å². The molecular weight excluding hydrogens is 286 g/mol. The number of hydrogen-bond donors (Lipinski definition) is 2. The fraction of sp³-hybridized carbons (Fsp3) is 0.538. The average Bonchev–Trinajstić information content (AvgIpc) is 3.16. The average molecular weight is 305 g/mol. The second kappa shape index (κ2) is 6.21. The van der Waals surface area contributed by atoms with Gasteiger partial charge in [0.15, 0.2) is 0 Å². The predicted octanol–water partition coefficient (Wildman–Crippen LogP) is 1.89. The lowest BCUT2D eigenvalue weighted by Crippen LogP contribution is -2.22. The summed E-state index contributed by atoms with van der Waals surface area (Å²) in [5.41, 5.74) is 0. The third-order valence-corrected chi connectivity index (χ3v) is 4.24. The number of nitrogens with zero attached hydrogens (tertiary/aromatic N) is 5. The summed E-state index contributed by atoms with van der Waals surface area (Å²) >= 11 is 1.68. The minimum absolute atomic E-state index is 0.592. The molecule has 0 bridgehead atoms. The normalized spacial score (nSPS) is 14.5. The number of nitrogens with one attached hydrogen (secondary N) is 2. The second-order valence-electron chi connectivity index (χ2n) is 4.93. The van der Waals surface area contributed by atoms with Crippen molar-refractivity contribution in [2.24, 2.45) is 0 Å².